The number of aromatic nitrogens is 3. The van der Waals surface area contributed by atoms with Crippen molar-refractivity contribution in [3.8, 4) is 5.88 Å². The van der Waals surface area contributed by atoms with Crippen LogP contribution in [-0.2, 0) is 0 Å². The number of nitrogens with one attached hydrogen (secondary N) is 1. The monoisotopic (exact) mass is 235 g/mol. The Labute approximate surface area is 97.8 Å². The minimum Gasteiger partial charge on any atom is -0.472 e. The third-order valence-electron chi connectivity index (χ3n) is 2.68. The van der Waals surface area contributed by atoms with Crippen LogP contribution in [0, 0.1) is 6.92 Å². The number of nitrogens with zero attached hydrogens (tertiary/aromatic N) is 2. The van der Waals surface area contributed by atoms with Crippen LogP contribution in [0.3, 0.4) is 0 Å². The van der Waals surface area contributed by atoms with Gasteiger partial charge in [-0.05, 0) is 25.2 Å². The smallest absolute Gasteiger partial charge is 0.241 e. The quantitative estimate of drug-likeness (QED) is 0.866. The Morgan fingerprint density at radius 1 is 1.50 bits per heavy atom. The third-order valence-corrected chi connectivity index (χ3v) is 3.82. The van der Waals surface area contributed by atoms with Gasteiger partial charge in [0.1, 0.15) is 17.9 Å². The number of ether oxygens (including phenoxy) is 1. The van der Waals surface area contributed by atoms with E-state index in [1.807, 2.05) is 24.8 Å². The maximum Gasteiger partial charge on any atom is 0.241 e. The normalized spacial score (nSPS) is 20.4. The summed E-state index contributed by atoms with van der Waals surface area (Å²) in [6, 6.07) is 2.01. The maximum atomic E-state index is 5.90. The second-order valence-electron chi connectivity index (χ2n) is 3.99. The molecule has 5 heteroatoms. The third kappa shape index (κ3) is 1.75. The van der Waals surface area contributed by atoms with Crippen molar-refractivity contribution in [2.75, 3.05) is 11.5 Å². The highest BCUT2D eigenvalue weighted by atomic mass is 32.2. The number of H-pyrrole nitrogens is 1. The zero-order chi connectivity index (χ0) is 11.0. The summed E-state index contributed by atoms with van der Waals surface area (Å²) < 4.78 is 5.90. The molecule has 1 fully saturated rings. The fourth-order valence-electron chi connectivity index (χ4n) is 1.90. The fourth-order valence-corrected chi connectivity index (χ4v) is 2.99. The van der Waals surface area contributed by atoms with Crippen LogP contribution in [0.15, 0.2) is 12.4 Å². The van der Waals surface area contributed by atoms with Gasteiger partial charge in [-0.25, -0.2) is 4.98 Å². The molecule has 1 atom stereocenters. The van der Waals surface area contributed by atoms with Crippen LogP contribution < -0.4 is 4.74 Å². The van der Waals surface area contributed by atoms with Crippen LogP contribution in [0.25, 0.3) is 11.0 Å². The summed E-state index contributed by atoms with van der Waals surface area (Å²) in [4.78, 5) is 11.7. The van der Waals surface area contributed by atoms with Gasteiger partial charge in [0.15, 0.2) is 0 Å². The molecule has 0 amide bonds. The Morgan fingerprint density at radius 2 is 2.44 bits per heavy atom. The van der Waals surface area contributed by atoms with E-state index in [1.54, 1.807) is 6.33 Å². The lowest BCUT2D eigenvalue weighted by molar-refractivity contribution is 0.222. The summed E-state index contributed by atoms with van der Waals surface area (Å²) in [6.45, 7) is 2.01. The van der Waals surface area contributed by atoms with E-state index in [9.17, 15) is 0 Å². The number of hydrogen-bond donors (Lipinski definition) is 1. The standard InChI is InChI=1S/C11H13N3OS/c1-7-4-9-10(14-7)11(13-6-12-9)15-8-2-3-16-5-8/h4,6,8,14H,2-3,5H2,1H3. The van der Waals surface area contributed by atoms with Crippen molar-refractivity contribution in [2.24, 2.45) is 0 Å². The van der Waals surface area contributed by atoms with Crippen molar-refractivity contribution in [3.05, 3.63) is 18.1 Å². The molecule has 1 unspecified atom stereocenters. The number of hydrogen-bond acceptors (Lipinski definition) is 4. The van der Waals surface area contributed by atoms with Crippen molar-refractivity contribution in [1.82, 2.24) is 15.0 Å². The van der Waals surface area contributed by atoms with Gasteiger partial charge in [-0.2, -0.15) is 16.7 Å². The van der Waals surface area contributed by atoms with Gasteiger partial charge in [0.25, 0.3) is 0 Å². The van der Waals surface area contributed by atoms with Gasteiger partial charge in [0, 0.05) is 11.4 Å². The van der Waals surface area contributed by atoms with E-state index in [0.29, 0.717) is 12.0 Å². The molecule has 0 aromatic carbocycles. The van der Waals surface area contributed by atoms with Gasteiger partial charge in [-0.1, -0.05) is 0 Å². The minimum absolute atomic E-state index is 0.298. The molecule has 3 heterocycles. The predicted molar refractivity (Wildman–Crippen MR) is 65.0 cm³/mol. The minimum atomic E-state index is 0.298. The number of rotatable bonds is 2. The molecular formula is C11H13N3OS. The van der Waals surface area contributed by atoms with Gasteiger partial charge in [0.05, 0.1) is 5.52 Å². The number of aryl methyl sites for hydroxylation is 1. The average molecular weight is 235 g/mol. The van der Waals surface area contributed by atoms with Crippen molar-refractivity contribution in [1.29, 1.82) is 0 Å². The van der Waals surface area contributed by atoms with Crippen LogP contribution in [0.4, 0.5) is 0 Å². The first kappa shape index (κ1) is 9.96. The van der Waals surface area contributed by atoms with Crippen molar-refractivity contribution < 1.29 is 4.74 Å². The van der Waals surface area contributed by atoms with Crippen LogP contribution in [0.2, 0.25) is 0 Å². The summed E-state index contributed by atoms with van der Waals surface area (Å²) >= 11 is 1.93. The van der Waals surface area contributed by atoms with Gasteiger partial charge >= 0.3 is 0 Å². The first-order valence-corrected chi connectivity index (χ1v) is 6.53. The second kappa shape index (κ2) is 3.97. The van der Waals surface area contributed by atoms with E-state index < -0.39 is 0 Å². The SMILES string of the molecule is Cc1cc2ncnc(OC3CCSC3)c2[nH]1. The van der Waals surface area contributed by atoms with E-state index in [0.717, 1.165) is 28.9 Å². The molecule has 1 aliphatic rings. The number of aromatic amines is 1. The average Bonchev–Trinajstić information content (AvgIpc) is 2.86. The lowest BCUT2D eigenvalue weighted by Crippen LogP contribution is -2.15. The molecular weight excluding hydrogens is 222 g/mol. The molecule has 0 saturated carbocycles. The van der Waals surface area contributed by atoms with Crippen molar-refractivity contribution in [2.45, 2.75) is 19.4 Å². The van der Waals surface area contributed by atoms with Crippen molar-refractivity contribution in [3.63, 3.8) is 0 Å². The first-order chi connectivity index (χ1) is 7.83. The molecule has 2 aromatic rings. The van der Waals surface area contributed by atoms with Gasteiger partial charge in [0.2, 0.25) is 5.88 Å². The zero-order valence-corrected chi connectivity index (χ0v) is 9.88. The Morgan fingerprint density at radius 3 is 3.25 bits per heavy atom. The Bertz CT molecular complexity index is 505. The largest absolute Gasteiger partial charge is 0.472 e. The molecule has 4 nitrogen and oxygen atoms in total. The van der Waals surface area contributed by atoms with Crippen LogP contribution in [0.5, 0.6) is 5.88 Å². The Balaban J connectivity index is 1.95. The maximum absolute atomic E-state index is 5.90. The highest BCUT2D eigenvalue weighted by Crippen LogP contribution is 2.26. The molecule has 0 radical (unpaired) electrons. The molecule has 0 bridgehead atoms. The van der Waals surface area contributed by atoms with E-state index in [2.05, 4.69) is 15.0 Å². The summed E-state index contributed by atoms with van der Waals surface area (Å²) in [6.07, 6.45) is 2.97. The van der Waals surface area contributed by atoms with Crippen molar-refractivity contribution >= 4 is 22.8 Å². The molecule has 1 N–H and O–H groups in total. The fraction of sp³-hybridized carbons (Fsp3) is 0.455. The zero-order valence-electron chi connectivity index (χ0n) is 9.06. The van der Waals surface area contributed by atoms with Gasteiger partial charge < -0.3 is 9.72 Å². The van der Waals surface area contributed by atoms with E-state index in [4.69, 9.17) is 4.74 Å². The number of thioether (sulfide) groups is 1. The van der Waals surface area contributed by atoms with Crippen LogP contribution in [-0.4, -0.2) is 32.6 Å². The molecule has 2 aromatic heterocycles. The molecule has 0 aliphatic carbocycles. The van der Waals surface area contributed by atoms with Gasteiger partial charge in [-0.15, -0.1) is 0 Å². The number of fused-ring (bicyclic) bond motifs is 1. The van der Waals surface area contributed by atoms with E-state index in [-0.39, 0.29) is 0 Å². The van der Waals surface area contributed by atoms with E-state index >= 15 is 0 Å². The first-order valence-electron chi connectivity index (χ1n) is 5.37. The van der Waals surface area contributed by atoms with E-state index in [1.165, 1.54) is 5.75 Å². The lowest BCUT2D eigenvalue weighted by atomic mass is 10.3. The van der Waals surface area contributed by atoms with Gasteiger partial charge in [-0.3, -0.25) is 0 Å². The summed E-state index contributed by atoms with van der Waals surface area (Å²) in [5, 5.41) is 0. The highest BCUT2D eigenvalue weighted by Gasteiger charge is 2.19. The molecule has 16 heavy (non-hydrogen) atoms. The van der Waals surface area contributed by atoms with Crippen LogP contribution >= 0.6 is 11.8 Å². The molecule has 3 rings (SSSR count). The summed E-state index contributed by atoms with van der Waals surface area (Å²) in [5.41, 5.74) is 2.92. The predicted octanol–water partition coefficient (Wildman–Crippen LogP) is 2.15. The van der Waals surface area contributed by atoms with Crippen LogP contribution in [0.1, 0.15) is 12.1 Å². The topological polar surface area (TPSA) is 50.8 Å². The molecule has 84 valence electrons. The second-order valence-corrected chi connectivity index (χ2v) is 5.14. The lowest BCUT2D eigenvalue weighted by Gasteiger charge is -2.11. The molecule has 0 spiro atoms. The molecule has 1 saturated heterocycles. The molecule has 1 aliphatic heterocycles. The summed E-state index contributed by atoms with van der Waals surface area (Å²) in [7, 11) is 0. The Kier molecular flexibility index (Phi) is 2.47. The highest BCUT2D eigenvalue weighted by molar-refractivity contribution is 7.99. The Hall–Kier alpha value is -1.23. The summed E-state index contributed by atoms with van der Waals surface area (Å²) in [5.74, 6) is 2.93.